The van der Waals surface area contributed by atoms with Crippen molar-refractivity contribution in [1.29, 1.82) is 0 Å². The topological polar surface area (TPSA) is 202 Å². The van der Waals surface area contributed by atoms with Crippen LogP contribution in [0.1, 0.15) is 26.5 Å². The van der Waals surface area contributed by atoms with Crippen molar-refractivity contribution in [3.8, 4) is 0 Å². The molecule has 4 rings (SSSR count). The standard InChI is InChI=1S/C22H22ClN7O8S4/c1-22(2,3)38-10(32)4-37-29-12(11-15(23)42-20(27-11)24-7-31)16(33)26-13-17(34)30-14(19(35)36)9(5-39-18(13)30)6-40-21-28-25-8-41-21/h7-8,13,18H,4-6H2,1-3H3,(H,26,33)(H,35,36)(H,24,27,31)/t13?,18-/m0/s1. The number of oxime groups is 1. The lowest BCUT2D eigenvalue weighted by molar-refractivity contribution is -0.160. The van der Waals surface area contributed by atoms with Crippen molar-refractivity contribution in [2.75, 3.05) is 23.4 Å². The van der Waals surface area contributed by atoms with Crippen molar-refractivity contribution in [2.24, 2.45) is 5.16 Å². The number of amides is 3. The summed E-state index contributed by atoms with van der Waals surface area (Å²) in [5.41, 5.74) is 0.512. The summed E-state index contributed by atoms with van der Waals surface area (Å²) in [6, 6.07) is -1.10. The SMILES string of the molecule is CC(C)(C)OC(=O)CON=C(C(=O)NC1C(=O)N2C(C(=O)O)=C(CSc3nncs3)CS[C@@H]12)c1nc(NC=O)sc1Cl. The van der Waals surface area contributed by atoms with E-state index in [0.29, 0.717) is 27.8 Å². The van der Waals surface area contributed by atoms with E-state index in [2.05, 4.69) is 31.0 Å². The maximum Gasteiger partial charge on any atom is 0.352 e. The lowest BCUT2D eigenvalue weighted by Gasteiger charge is -2.49. The lowest BCUT2D eigenvalue weighted by atomic mass is 10.0. The molecule has 15 nitrogen and oxygen atoms in total. The number of rotatable bonds is 12. The Bertz CT molecular complexity index is 1460. The third-order valence-electron chi connectivity index (χ3n) is 5.21. The molecule has 0 aromatic carbocycles. The van der Waals surface area contributed by atoms with E-state index >= 15 is 0 Å². The minimum absolute atomic E-state index is 0.0311. The average molecular weight is 676 g/mol. The number of ether oxygens (including phenoxy) is 1. The van der Waals surface area contributed by atoms with E-state index in [1.165, 1.54) is 34.9 Å². The van der Waals surface area contributed by atoms with Crippen molar-refractivity contribution in [3.05, 3.63) is 26.8 Å². The number of carbonyl (C=O) groups is 5. The van der Waals surface area contributed by atoms with Gasteiger partial charge < -0.3 is 25.3 Å². The van der Waals surface area contributed by atoms with Crippen LogP contribution in [0.25, 0.3) is 0 Å². The summed E-state index contributed by atoms with van der Waals surface area (Å²) >= 11 is 11.0. The minimum atomic E-state index is -1.27. The number of carbonyl (C=O) groups excluding carboxylic acids is 4. The Morgan fingerprint density at radius 2 is 2.12 bits per heavy atom. The monoisotopic (exact) mass is 675 g/mol. The smallest absolute Gasteiger partial charge is 0.352 e. The molecule has 224 valence electrons. The van der Waals surface area contributed by atoms with Gasteiger partial charge in [-0.3, -0.25) is 19.3 Å². The molecule has 1 unspecified atom stereocenters. The molecule has 3 amide bonds. The molecule has 2 aliphatic rings. The summed E-state index contributed by atoms with van der Waals surface area (Å²) in [5, 5.41) is 25.5. The van der Waals surface area contributed by atoms with Crippen LogP contribution in [-0.4, -0.2) is 96.2 Å². The quantitative estimate of drug-likeness (QED) is 0.0735. The number of hydrogen-bond acceptors (Lipinski definition) is 15. The Morgan fingerprint density at radius 1 is 1.36 bits per heavy atom. The Morgan fingerprint density at radius 3 is 2.76 bits per heavy atom. The molecular weight excluding hydrogens is 654 g/mol. The zero-order valence-corrected chi connectivity index (χ0v) is 26.0. The number of aromatic nitrogens is 3. The first-order valence-electron chi connectivity index (χ1n) is 11.8. The van der Waals surface area contributed by atoms with E-state index in [-0.39, 0.29) is 20.9 Å². The fourth-order valence-corrected chi connectivity index (χ4v) is 7.63. The van der Waals surface area contributed by atoms with E-state index in [1.807, 2.05) is 0 Å². The van der Waals surface area contributed by atoms with E-state index in [4.69, 9.17) is 21.2 Å². The van der Waals surface area contributed by atoms with Gasteiger partial charge in [0.2, 0.25) is 13.0 Å². The number of aliphatic carboxylic acids is 1. The summed E-state index contributed by atoms with van der Waals surface area (Å²) in [7, 11) is 0. The van der Waals surface area contributed by atoms with Crippen LogP contribution in [0, 0.1) is 0 Å². The van der Waals surface area contributed by atoms with Crippen LogP contribution in [0.3, 0.4) is 0 Å². The van der Waals surface area contributed by atoms with Crippen LogP contribution in [0.4, 0.5) is 5.13 Å². The highest BCUT2D eigenvalue weighted by Crippen LogP contribution is 2.41. The number of esters is 1. The van der Waals surface area contributed by atoms with Gasteiger partial charge in [-0.1, -0.05) is 51.2 Å². The lowest BCUT2D eigenvalue weighted by Crippen LogP contribution is -2.71. The number of hydrogen-bond donors (Lipinski definition) is 3. The summed E-state index contributed by atoms with van der Waals surface area (Å²) in [5.74, 6) is -3.00. The zero-order chi connectivity index (χ0) is 30.6. The Hall–Kier alpha value is -3.26. The molecule has 1 fully saturated rings. The number of nitrogens with one attached hydrogen (secondary N) is 2. The third-order valence-corrected chi connectivity index (χ3v) is 9.68. The molecule has 0 aliphatic carbocycles. The van der Waals surface area contributed by atoms with Gasteiger partial charge in [-0.15, -0.1) is 22.0 Å². The maximum absolute atomic E-state index is 13.4. The average Bonchev–Trinajstić information content (AvgIpc) is 3.56. The normalized spacial score (nSPS) is 18.6. The van der Waals surface area contributed by atoms with Gasteiger partial charge in [0, 0.05) is 11.5 Å². The van der Waals surface area contributed by atoms with Crippen molar-refractivity contribution < 1.29 is 38.7 Å². The van der Waals surface area contributed by atoms with Gasteiger partial charge in [0.05, 0.1) is 0 Å². The van der Waals surface area contributed by atoms with Crippen molar-refractivity contribution in [1.82, 2.24) is 25.4 Å². The summed E-state index contributed by atoms with van der Waals surface area (Å²) in [4.78, 5) is 71.8. The number of nitrogens with zero attached hydrogens (tertiary/aromatic N) is 5. The number of carboxylic acid groups (broad SMARTS) is 1. The van der Waals surface area contributed by atoms with Crippen molar-refractivity contribution >= 4 is 98.8 Å². The van der Waals surface area contributed by atoms with Gasteiger partial charge in [-0.25, -0.2) is 14.6 Å². The van der Waals surface area contributed by atoms with E-state index < -0.39 is 53.1 Å². The molecule has 0 spiro atoms. The predicted octanol–water partition coefficient (Wildman–Crippen LogP) is 1.81. The number of halogens is 1. The summed E-state index contributed by atoms with van der Waals surface area (Å²) in [6.45, 7) is 4.35. The van der Waals surface area contributed by atoms with Crippen molar-refractivity contribution in [2.45, 2.75) is 42.1 Å². The predicted molar refractivity (Wildman–Crippen MR) is 155 cm³/mol. The van der Waals surface area contributed by atoms with Crippen LogP contribution in [0.2, 0.25) is 4.34 Å². The molecule has 2 aromatic heterocycles. The van der Waals surface area contributed by atoms with E-state index in [0.717, 1.165) is 16.2 Å². The van der Waals surface area contributed by atoms with E-state index in [1.54, 1.807) is 26.3 Å². The number of carboxylic acids is 1. The summed E-state index contributed by atoms with van der Waals surface area (Å²) < 4.78 is 5.78. The number of thioether (sulfide) groups is 2. The molecule has 3 N–H and O–H groups in total. The van der Waals surface area contributed by atoms with Crippen LogP contribution in [-0.2, 0) is 33.5 Å². The number of anilines is 1. The van der Waals surface area contributed by atoms with Gasteiger partial charge in [0.25, 0.3) is 11.8 Å². The Kier molecular flexibility index (Phi) is 10.1. The Balaban J connectivity index is 1.51. The largest absolute Gasteiger partial charge is 0.477 e. The maximum atomic E-state index is 13.4. The van der Waals surface area contributed by atoms with E-state index in [9.17, 15) is 29.1 Å². The first-order valence-corrected chi connectivity index (χ1v) is 15.9. The molecular formula is C22H22ClN7O8S4. The molecule has 0 radical (unpaired) electrons. The van der Waals surface area contributed by atoms with Gasteiger partial charge in [0.15, 0.2) is 15.2 Å². The highest BCUT2D eigenvalue weighted by atomic mass is 35.5. The van der Waals surface area contributed by atoms with Gasteiger partial charge >= 0.3 is 11.9 Å². The minimum Gasteiger partial charge on any atom is -0.477 e. The fraction of sp³-hybridized carbons (Fsp3) is 0.409. The van der Waals surface area contributed by atoms with Crippen LogP contribution < -0.4 is 10.6 Å². The van der Waals surface area contributed by atoms with Crippen LogP contribution in [0.5, 0.6) is 0 Å². The molecule has 42 heavy (non-hydrogen) atoms. The first kappa shape index (κ1) is 31.7. The molecule has 1 saturated heterocycles. The second-order valence-corrected chi connectivity index (χ2v) is 14.1. The second-order valence-electron chi connectivity index (χ2n) is 9.31. The van der Waals surface area contributed by atoms with Crippen molar-refractivity contribution in [3.63, 3.8) is 0 Å². The second kappa shape index (κ2) is 13.4. The molecule has 2 atom stereocenters. The van der Waals surface area contributed by atoms with Gasteiger partial charge in [0.1, 0.15) is 38.3 Å². The number of fused-ring (bicyclic) bond motifs is 1. The number of β-lactam (4-membered cyclic amide) rings is 1. The number of thiazole rings is 1. The molecule has 4 heterocycles. The highest BCUT2D eigenvalue weighted by molar-refractivity contribution is 8.01. The molecule has 2 aliphatic heterocycles. The Labute approximate surface area is 259 Å². The molecule has 0 saturated carbocycles. The third kappa shape index (κ3) is 7.38. The van der Waals surface area contributed by atoms with Crippen LogP contribution in [0.15, 0.2) is 26.3 Å². The fourth-order valence-electron chi connectivity index (χ4n) is 3.65. The zero-order valence-electron chi connectivity index (χ0n) is 22.0. The first-order chi connectivity index (χ1) is 19.9. The molecule has 20 heteroatoms. The summed E-state index contributed by atoms with van der Waals surface area (Å²) in [6.07, 6.45) is 0.366. The van der Waals surface area contributed by atoms with Gasteiger partial charge in [-0.05, 0) is 26.3 Å². The molecule has 0 bridgehead atoms. The molecule has 2 aromatic rings. The highest BCUT2D eigenvalue weighted by Gasteiger charge is 2.54. The van der Waals surface area contributed by atoms with Gasteiger partial charge in [-0.2, -0.15) is 0 Å². The van der Waals surface area contributed by atoms with Crippen LogP contribution >= 0.6 is 57.8 Å².